The zero-order valence-corrected chi connectivity index (χ0v) is 11.3. The maximum absolute atomic E-state index is 12.2. The summed E-state index contributed by atoms with van der Waals surface area (Å²) in [7, 11) is 0. The number of aliphatic hydroxyl groups excluding tert-OH is 1. The molecule has 0 aliphatic carbocycles. The Bertz CT molecular complexity index is 591. The summed E-state index contributed by atoms with van der Waals surface area (Å²) in [5, 5.41) is 16.6. The molecule has 2 rings (SSSR count). The standard InChI is InChI=1S/C13H18N4O2/c1-8(2)10(18)7-15-13(19)11-9(3)16-17-6-4-5-14-12(11)17/h4-6,8,10,18H,7H2,1-3H3,(H,15,19). The highest BCUT2D eigenvalue weighted by Crippen LogP contribution is 2.12. The first kappa shape index (κ1) is 13.5. The molecular formula is C13H18N4O2. The van der Waals surface area contributed by atoms with Crippen molar-refractivity contribution in [2.45, 2.75) is 26.9 Å². The molecule has 0 aliphatic heterocycles. The van der Waals surface area contributed by atoms with E-state index in [1.54, 1.807) is 29.9 Å². The number of hydrogen-bond acceptors (Lipinski definition) is 4. The molecule has 6 nitrogen and oxygen atoms in total. The van der Waals surface area contributed by atoms with E-state index in [0.29, 0.717) is 16.9 Å². The molecule has 0 radical (unpaired) electrons. The van der Waals surface area contributed by atoms with E-state index >= 15 is 0 Å². The average Bonchev–Trinajstić information content (AvgIpc) is 2.71. The average molecular weight is 262 g/mol. The van der Waals surface area contributed by atoms with Gasteiger partial charge in [-0.15, -0.1) is 0 Å². The number of hydrogen-bond donors (Lipinski definition) is 2. The van der Waals surface area contributed by atoms with E-state index in [1.807, 2.05) is 13.8 Å². The summed E-state index contributed by atoms with van der Waals surface area (Å²) in [5.41, 5.74) is 1.60. The molecule has 2 aromatic heterocycles. The lowest BCUT2D eigenvalue weighted by atomic mass is 10.1. The minimum atomic E-state index is -0.556. The predicted octanol–water partition coefficient (Wildman–Crippen LogP) is 0.784. The summed E-state index contributed by atoms with van der Waals surface area (Å²) in [4.78, 5) is 16.3. The third-order valence-electron chi connectivity index (χ3n) is 3.04. The molecule has 0 saturated carbocycles. The molecule has 1 atom stereocenters. The minimum Gasteiger partial charge on any atom is -0.391 e. The summed E-state index contributed by atoms with van der Waals surface area (Å²) in [6.45, 7) is 5.79. The Hall–Kier alpha value is -1.95. The highest BCUT2D eigenvalue weighted by atomic mass is 16.3. The smallest absolute Gasteiger partial charge is 0.257 e. The molecule has 102 valence electrons. The van der Waals surface area contributed by atoms with Gasteiger partial charge in [0.1, 0.15) is 5.56 Å². The molecule has 0 aliphatic rings. The fourth-order valence-corrected chi connectivity index (χ4v) is 1.78. The van der Waals surface area contributed by atoms with E-state index in [2.05, 4.69) is 15.4 Å². The molecule has 2 N–H and O–H groups in total. The molecule has 0 saturated heterocycles. The first-order valence-corrected chi connectivity index (χ1v) is 6.27. The lowest BCUT2D eigenvalue weighted by Gasteiger charge is -2.14. The molecule has 2 heterocycles. The maximum atomic E-state index is 12.2. The van der Waals surface area contributed by atoms with Crippen molar-refractivity contribution < 1.29 is 9.90 Å². The molecule has 1 amide bonds. The Morgan fingerprint density at radius 1 is 1.53 bits per heavy atom. The molecule has 0 bridgehead atoms. The molecule has 2 aromatic rings. The number of nitrogens with one attached hydrogen (secondary N) is 1. The van der Waals surface area contributed by atoms with Crippen LogP contribution in [0.1, 0.15) is 29.9 Å². The van der Waals surface area contributed by atoms with Crippen molar-refractivity contribution in [2.75, 3.05) is 6.54 Å². The van der Waals surface area contributed by atoms with Crippen LogP contribution >= 0.6 is 0 Å². The van der Waals surface area contributed by atoms with E-state index in [4.69, 9.17) is 0 Å². The molecule has 0 spiro atoms. The summed E-state index contributed by atoms with van der Waals surface area (Å²) < 4.78 is 1.57. The second-order valence-electron chi connectivity index (χ2n) is 4.87. The van der Waals surface area contributed by atoms with Gasteiger partial charge in [-0.2, -0.15) is 5.10 Å². The van der Waals surface area contributed by atoms with Crippen LogP contribution in [0, 0.1) is 12.8 Å². The van der Waals surface area contributed by atoms with Gasteiger partial charge in [0.25, 0.3) is 5.91 Å². The summed E-state index contributed by atoms with van der Waals surface area (Å²) in [6, 6.07) is 1.75. The highest BCUT2D eigenvalue weighted by molar-refractivity contribution is 6.00. The number of aromatic nitrogens is 3. The lowest BCUT2D eigenvalue weighted by Crippen LogP contribution is -2.35. The monoisotopic (exact) mass is 262 g/mol. The molecule has 1 unspecified atom stereocenters. The van der Waals surface area contributed by atoms with Crippen LogP contribution in [0.15, 0.2) is 18.5 Å². The predicted molar refractivity (Wildman–Crippen MR) is 70.9 cm³/mol. The van der Waals surface area contributed by atoms with Gasteiger partial charge in [-0.1, -0.05) is 13.8 Å². The van der Waals surface area contributed by atoms with Crippen LogP contribution in [-0.4, -0.2) is 38.3 Å². The van der Waals surface area contributed by atoms with Gasteiger partial charge in [0.15, 0.2) is 5.65 Å². The van der Waals surface area contributed by atoms with Crippen molar-refractivity contribution >= 4 is 11.6 Å². The van der Waals surface area contributed by atoms with Gasteiger partial charge >= 0.3 is 0 Å². The van der Waals surface area contributed by atoms with Crippen LogP contribution in [0.5, 0.6) is 0 Å². The lowest BCUT2D eigenvalue weighted by molar-refractivity contribution is 0.0872. The van der Waals surface area contributed by atoms with E-state index in [1.165, 1.54) is 0 Å². The van der Waals surface area contributed by atoms with Gasteiger partial charge < -0.3 is 10.4 Å². The van der Waals surface area contributed by atoms with Crippen LogP contribution in [0.4, 0.5) is 0 Å². The maximum Gasteiger partial charge on any atom is 0.257 e. The van der Waals surface area contributed by atoms with E-state index in [9.17, 15) is 9.90 Å². The number of nitrogens with zero attached hydrogens (tertiary/aromatic N) is 3. The number of aryl methyl sites for hydroxylation is 1. The highest BCUT2D eigenvalue weighted by Gasteiger charge is 2.19. The Morgan fingerprint density at radius 3 is 2.95 bits per heavy atom. The van der Waals surface area contributed by atoms with Crippen LogP contribution in [0.3, 0.4) is 0 Å². The van der Waals surface area contributed by atoms with Crippen molar-refractivity contribution in [3.05, 3.63) is 29.7 Å². The molecule has 6 heteroatoms. The zero-order chi connectivity index (χ0) is 14.0. The van der Waals surface area contributed by atoms with Crippen LogP contribution < -0.4 is 5.32 Å². The number of fused-ring (bicyclic) bond motifs is 1. The van der Waals surface area contributed by atoms with E-state index in [-0.39, 0.29) is 18.4 Å². The third-order valence-corrected chi connectivity index (χ3v) is 3.04. The third kappa shape index (κ3) is 2.73. The number of carbonyl (C=O) groups is 1. The van der Waals surface area contributed by atoms with Crippen LogP contribution in [0.2, 0.25) is 0 Å². The van der Waals surface area contributed by atoms with Crippen LogP contribution in [0.25, 0.3) is 5.65 Å². The zero-order valence-electron chi connectivity index (χ0n) is 11.3. The Morgan fingerprint density at radius 2 is 2.26 bits per heavy atom. The van der Waals surface area contributed by atoms with Gasteiger partial charge in [0.05, 0.1) is 11.8 Å². The fourth-order valence-electron chi connectivity index (χ4n) is 1.78. The summed E-state index contributed by atoms with van der Waals surface area (Å²) >= 11 is 0. The number of rotatable bonds is 4. The van der Waals surface area contributed by atoms with Crippen molar-refractivity contribution in [3.63, 3.8) is 0 Å². The van der Waals surface area contributed by atoms with E-state index in [0.717, 1.165) is 0 Å². The summed E-state index contributed by atoms with van der Waals surface area (Å²) in [6.07, 6.45) is 2.81. The van der Waals surface area contributed by atoms with Crippen LogP contribution in [-0.2, 0) is 0 Å². The minimum absolute atomic E-state index is 0.100. The first-order valence-electron chi connectivity index (χ1n) is 6.27. The van der Waals surface area contributed by atoms with Gasteiger partial charge in [-0.25, -0.2) is 9.50 Å². The fraction of sp³-hybridized carbons (Fsp3) is 0.462. The van der Waals surface area contributed by atoms with Gasteiger partial charge in [0, 0.05) is 18.9 Å². The number of amides is 1. The van der Waals surface area contributed by atoms with E-state index < -0.39 is 6.10 Å². The topological polar surface area (TPSA) is 79.5 Å². The van der Waals surface area contributed by atoms with Gasteiger partial charge in [-0.3, -0.25) is 4.79 Å². The van der Waals surface area contributed by atoms with Gasteiger partial charge in [0.2, 0.25) is 0 Å². The van der Waals surface area contributed by atoms with Crippen molar-refractivity contribution in [1.82, 2.24) is 19.9 Å². The number of aliphatic hydroxyl groups is 1. The van der Waals surface area contributed by atoms with Crippen molar-refractivity contribution in [2.24, 2.45) is 5.92 Å². The van der Waals surface area contributed by atoms with Crippen molar-refractivity contribution in [3.8, 4) is 0 Å². The largest absolute Gasteiger partial charge is 0.391 e. The molecule has 0 fully saturated rings. The van der Waals surface area contributed by atoms with Crippen molar-refractivity contribution in [1.29, 1.82) is 0 Å². The van der Waals surface area contributed by atoms with Gasteiger partial charge in [-0.05, 0) is 18.9 Å². The summed E-state index contributed by atoms with van der Waals surface area (Å²) in [5.74, 6) is -0.158. The Labute approximate surface area is 111 Å². The first-order chi connectivity index (χ1) is 9.00. The normalized spacial score (nSPS) is 12.9. The SMILES string of the molecule is Cc1nn2cccnc2c1C(=O)NCC(O)C(C)C. The Kier molecular flexibility index (Phi) is 3.80. The number of carbonyl (C=O) groups excluding carboxylic acids is 1. The molecule has 19 heavy (non-hydrogen) atoms. The second-order valence-corrected chi connectivity index (χ2v) is 4.87. The molecule has 0 aromatic carbocycles. The Balaban J connectivity index is 2.20. The quantitative estimate of drug-likeness (QED) is 0.853. The second kappa shape index (κ2) is 5.36. The molecular weight excluding hydrogens is 244 g/mol.